The van der Waals surface area contributed by atoms with Gasteiger partial charge in [0.15, 0.2) is 0 Å². The molecule has 20 heavy (non-hydrogen) atoms. The van der Waals surface area contributed by atoms with Gasteiger partial charge in [-0.05, 0) is 25.3 Å². The first kappa shape index (κ1) is 14.8. The van der Waals surface area contributed by atoms with Gasteiger partial charge in [0.1, 0.15) is 12.2 Å². The Balaban J connectivity index is 1.95. The monoisotopic (exact) mass is 279 g/mol. The Morgan fingerprint density at radius 3 is 2.80 bits per heavy atom. The molecule has 1 aromatic carbocycles. The second-order valence-electron chi connectivity index (χ2n) is 5.41. The first-order chi connectivity index (χ1) is 9.54. The van der Waals surface area contributed by atoms with E-state index in [1.54, 1.807) is 6.92 Å². The molecule has 0 radical (unpaired) electrons. The van der Waals surface area contributed by atoms with Crippen molar-refractivity contribution in [1.29, 1.82) is 0 Å². The topological polar surface area (TPSA) is 70.0 Å². The molecule has 0 bridgehead atoms. The van der Waals surface area contributed by atoms with Crippen LogP contribution in [0.15, 0.2) is 30.3 Å². The van der Waals surface area contributed by atoms with E-state index < -0.39 is 17.7 Å². The van der Waals surface area contributed by atoms with E-state index in [2.05, 4.69) is 0 Å². The lowest BCUT2D eigenvalue weighted by molar-refractivity contribution is -0.0549. The average Bonchev–Trinajstić information content (AvgIpc) is 2.96. The minimum Gasteiger partial charge on any atom is -0.445 e. The van der Waals surface area contributed by atoms with Gasteiger partial charge < -0.3 is 19.8 Å². The highest BCUT2D eigenvalue weighted by Gasteiger charge is 2.41. The fourth-order valence-corrected chi connectivity index (χ4v) is 2.54. The maximum atomic E-state index is 12.1. The van der Waals surface area contributed by atoms with Gasteiger partial charge in [0.05, 0.1) is 12.6 Å². The minimum absolute atomic E-state index is 0.212. The highest BCUT2D eigenvalue weighted by molar-refractivity contribution is 5.68. The fourth-order valence-electron chi connectivity index (χ4n) is 2.54. The van der Waals surface area contributed by atoms with Crippen LogP contribution in [0.3, 0.4) is 0 Å². The summed E-state index contributed by atoms with van der Waals surface area (Å²) in [7, 11) is 0. The van der Waals surface area contributed by atoms with Crippen molar-refractivity contribution in [3.05, 3.63) is 35.9 Å². The first-order valence-electron chi connectivity index (χ1n) is 6.85. The Kier molecular flexibility index (Phi) is 4.62. The van der Waals surface area contributed by atoms with Gasteiger partial charge in [-0.15, -0.1) is 0 Å². The molecule has 1 aromatic rings. The third-order valence-electron chi connectivity index (χ3n) is 3.73. The summed E-state index contributed by atoms with van der Waals surface area (Å²) in [6.45, 7) is 1.93. The summed E-state index contributed by atoms with van der Waals surface area (Å²) < 4.78 is 5.28. The summed E-state index contributed by atoms with van der Waals surface area (Å²) >= 11 is 0. The van der Waals surface area contributed by atoms with Gasteiger partial charge >= 0.3 is 6.09 Å². The molecule has 2 rings (SSSR count). The van der Waals surface area contributed by atoms with E-state index in [0.29, 0.717) is 13.0 Å². The molecule has 0 unspecified atom stereocenters. The quantitative estimate of drug-likeness (QED) is 0.877. The summed E-state index contributed by atoms with van der Waals surface area (Å²) in [5, 5.41) is 19.4. The van der Waals surface area contributed by atoms with Crippen LogP contribution in [0.1, 0.15) is 25.3 Å². The van der Waals surface area contributed by atoms with E-state index in [1.807, 2.05) is 30.3 Å². The van der Waals surface area contributed by atoms with Crippen molar-refractivity contribution in [2.24, 2.45) is 0 Å². The maximum Gasteiger partial charge on any atom is 0.410 e. The normalized spacial score (nSPS) is 21.6. The second-order valence-corrected chi connectivity index (χ2v) is 5.41. The van der Waals surface area contributed by atoms with Crippen molar-refractivity contribution in [1.82, 2.24) is 4.90 Å². The predicted octanol–water partition coefficient (Wildman–Crippen LogP) is 1.53. The Morgan fingerprint density at radius 1 is 1.45 bits per heavy atom. The molecule has 1 fully saturated rings. The Bertz CT molecular complexity index is 446. The fraction of sp³-hybridized carbons (Fsp3) is 0.533. The Hall–Kier alpha value is -1.59. The molecule has 2 N–H and O–H groups in total. The number of rotatable bonds is 4. The van der Waals surface area contributed by atoms with Gasteiger partial charge in [0, 0.05) is 6.54 Å². The summed E-state index contributed by atoms with van der Waals surface area (Å²) in [6.07, 6.45) is 1.04. The molecule has 1 amide bonds. The maximum absolute atomic E-state index is 12.1. The summed E-state index contributed by atoms with van der Waals surface area (Å²) in [5.41, 5.74) is -0.368. The molecular formula is C15H21NO4. The summed E-state index contributed by atoms with van der Waals surface area (Å²) in [6, 6.07) is 9.06. The van der Waals surface area contributed by atoms with E-state index in [0.717, 1.165) is 12.0 Å². The van der Waals surface area contributed by atoms with Crippen LogP contribution in [0.2, 0.25) is 0 Å². The van der Waals surface area contributed by atoms with Gasteiger partial charge in [-0.2, -0.15) is 0 Å². The number of hydrogen-bond donors (Lipinski definition) is 2. The van der Waals surface area contributed by atoms with E-state index in [9.17, 15) is 15.0 Å². The largest absolute Gasteiger partial charge is 0.445 e. The third kappa shape index (κ3) is 3.29. The standard InChI is InChI=1S/C15H21NO4/c1-15(19,11-17)13-8-5-9-16(13)14(18)20-10-12-6-3-2-4-7-12/h2-4,6-7,13,17,19H,5,8-11H2,1H3/t13-,15+/m0/s1. The van der Waals surface area contributed by atoms with Gasteiger partial charge in [0.2, 0.25) is 0 Å². The third-order valence-corrected chi connectivity index (χ3v) is 3.73. The SMILES string of the molecule is C[C@@](O)(CO)[C@@H]1CCCN1C(=O)OCc1ccccc1. The van der Waals surface area contributed by atoms with Gasteiger partial charge in [0.25, 0.3) is 0 Å². The molecule has 1 heterocycles. The number of nitrogens with zero attached hydrogens (tertiary/aromatic N) is 1. The van der Waals surface area contributed by atoms with E-state index >= 15 is 0 Å². The van der Waals surface area contributed by atoms with E-state index in [4.69, 9.17) is 4.74 Å². The summed E-state index contributed by atoms with van der Waals surface area (Å²) in [4.78, 5) is 13.6. The number of aliphatic hydroxyl groups is 2. The second kappa shape index (κ2) is 6.24. The van der Waals surface area contributed by atoms with Crippen LogP contribution in [0.5, 0.6) is 0 Å². The van der Waals surface area contributed by atoms with Crippen molar-refractivity contribution < 1.29 is 19.7 Å². The smallest absolute Gasteiger partial charge is 0.410 e. The molecule has 1 aliphatic rings. The van der Waals surface area contributed by atoms with Gasteiger partial charge in [-0.1, -0.05) is 30.3 Å². The number of hydrogen-bond acceptors (Lipinski definition) is 4. The van der Waals surface area contributed by atoms with Crippen molar-refractivity contribution >= 4 is 6.09 Å². The first-order valence-corrected chi connectivity index (χ1v) is 6.85. The number of aliphatic hydroxyl groups excluding tert-OH is 1. The van der Waals surface area contributed by atoms with Crippen LogP contribution in [0, 0.1) is 0 Å². The van der Waals surface area contributed by atoms with Crippen LogP contribution < -0.4 is 0 Å². The summed E-state index contributed by atoms with van der Waals surface area (Å²) in [5.74, 6) is 0. The Morgan fingerprint density at radius 2 is 2.15 bits per heavy atom. The minimum atomic E-state index is -1.29. The van der Waals surface area contributed by atoms with Gasteiger partial charge in [-0.25, -0.2) is 4.79 Å². The molecule has 0 aliphatic carbocycles. The van der Waals surface area contributed by atoms with Crippen molar-refractivity contribution in [3.63, 3.8) is 0 Å². The number of ether oxygens (including phenoxy) is 1. The molecule has 5 heteroatoms. The average molecular weight is 279 g/mol. The lowest BCUT2D eigenvalue weighted by Gasteiger charge is -2.34. The number of amides is 1. The lowest BCUT2D eigenvalue weighted by Crippen LogP contribution is -2.52. The number of benzene rings is 1. The van der Waals surface area contributed by atoms with Crippen LogP contribution in [0.25, 0.3) is 0 Å². The molecule has 0 aromatic heterocycles. The molecule has 110 valence electrons. The van der Waals surface area contributed by atoms with E-state index in [-0.39, 0.29) is 13.2 Å². The van der Waals surface area contributed by atoms with Crippen LogP contribution in [-0.4, -0.2) is 46.0 Å². The predicted molar refractivity (Wildman–Crippen MR) is 74.1 cm³/mol. The molecular weight excluding hydrogens is 258 g/mol. The zero-order chi connectivity index (χ0) is 14.6. The van der Waals surface area contributed by atoms with Crippen LogP contribution >= 0.6 is 0 Å². The Labute approximate surface area is 118 Å². The molecule has 1 saturated heterocycles. The highest BCUT2D eigenvalue weighted by Crippen LogP contribution is 2.27. The van der Waals surface area contributed by atoms with Crippen molar-refractivity contribution in [2.75, 3.05) is 13.2 Å². The lowest BCUT2D eigenvalue weighted by atomic mass is 9.95. The molecule has 0 saturated carbocycles. The zero-order valence-electron chi connectivity index (χ0n) is 11.7. The van der Waals surface area contributed by atoms with Crippen LogP contribution in [-0.2, 0) is 11.3 Å². The highest BCUT2D eigenvalue weighted by atomic mass is 16.6. The molecule has 5 nitrogen and oxygen atoms in total. The number of likely N-dealkylation sites (tertiary alicyclic amines) is 1. The van der Waals surface area contributed by atoms with E-state index in [1.165, 1.54) is 4.90 Å². The zero-order valence-corrected chi connectivity index (χ0v) is 11.7. The van der Waals surface area contributed by atoms with Crippen molar-refractivity contribution in [3.8, 4) is 0 Å². The van der Waals surface area contributed by atoms with Crippen molar-refractivity contribution in [2.45, 2.75) is 38.0 Å². The van der Waals surface area contributed by atoms with Gasteiger partial charge in [-0.3, -0.25) is 0 Å². The molecule has 0 spiro atoms. The number of carbonyl (C=O) groups is 1. The molecule has 2 atom stereocenters. The molecule has 1 aliphatic heterocycles. The van der Waals surface area contributed by atoms with Crippen LogP contribution in [0.4, 0.5) is 4.79 Å². The number of carbonyl (C=O) groups excluding carboxylic acids is 1.